The fraction of sp³-hybridized carbons (Fsp3) is 0.800. The number of nitrogens with zero attached hydrogens (tertiary/aromatic N) is 2. The van der Waals surface area contributed by atoms with Gasteiger partial charge in [0.15, 0.2) is 0 Å². The van der Waals surface area contributed by atoms with Gasteiger partial charge in [0.1, 0.15) is 0 Å². The van der Waals surface area contributed by atoms with E-state index in [-0.39, 0.29) is 23.6 Å². The van der Waals surface area contributed by atoms with Crippen molar-refractivity contribution in [3.63, 3.8) is 0 Å². The van der Waals surface area contributed by atoms with Gasteiger partial charge in [0.25, 0.3) is 0 Å². The summed E-state index contributed by atoms with van der Waals surface area (Å²) in [6.07, 6.45) is 3.93. The predicted molar refractivity (Wildman–Crippen MR) is 78.4 cm³/mol. The third kappa shape index (κ3) is 4.44. The first-order chi connectivity index (χ1) is 10.1. The second-order valence-corrected chi connectivity index (χ2v) is 5.91. The second kappa shape index (κ2) is 7.43. The SMILES string of the molecule is CC(=O)N1CCC(C(=O)NCCCN2CCCC2=O)CC1. The minimum absolute atomic E-state index is 0.0222. The maximum absolute atomic E-state index is 12.0. The molecular formula is C15H25N3O3. The molecule has 0 aromatic heterocycles. The highest BCUT2D eigenvalue weighted by Gasteiger charge is 2.25. The van der Waals surface area contributed by atoms with Gasteiger partial charge in [0, 0.05) is 52.0 Å². The predicted octanol–water partition coefficient (Wildman–Crippen LogP) is 0.374. The van der Waals surface area contributed by atoms with Crippen LogP contribution in [0, 0.1) is 5.92 Å². The summed E-state index contributed by atoms with van der Waals surface area (Å²) in [5.74, 6) is 0.432. The molecule has 0 unspecified atom stereocenters. The Kier molecular flexibility index (Phi) is 5.59. The van der Waals surface area contributed by atoms with Crippen molar-refractivity contribution < 1.29 is 14.4 Å². The van der Waals surface area contributed by atoms with Gasteiger partial charge in [-0.15, -0.1) is 0 Å². The third-order valence-electron chi connectivity index (χ3n) is 4.39. The van der Waals surface area contributed by atoms with Crippen LogP contribution in [0.2, 0.25) is 0 Å². The van der Waals surface area contributed by atoms with Crippen molar-refractivity contribution in [3.05, 3.63) is 0 Å². The van der Waals surface area contributed by atoms with Crippen molar-refractivity contribution in [2.24, 2.45) is 5.92 Å². The van der Waals surface area contributed by atoms with Crippen LogP contribution in [-0.4, -0.2) is 60.2 Å². The molecule has 0 aromatic rings. The molecule has 3 amide bonds. The highest BCUT2D eigenvalue weighted by atomic mass is 16.2. The topological polar surface area (TPSA) is 69.7 Å². The number of rotatable bonds is 5. The Morgan fingerprint density at radius 1 is 1.24 bits per heavy atom. The summed E-state index contributed by atoms with van der Waals surface area (Å²) in [6, 6.07) is 0. The van der Waals surface area contributed by atoms with E-state index in [1.54, 1.807) is 11.8 Å². The van der Waals surface area contributed by atoms with Gasteiger partial charge >= 0.3 is 0 Å². The number of piperidine rings is 1. The molecule has 0 bridgehead atoms. The molecule has 0 aromatic carbocycles. The van der Waals surface area contributed by atoms with E-state index in [4.69, 9.17) is 0 Å². The van der Waals surface area contributed by atoms with Crippen molar-refractivity contribution in [3.8, 4) is 0 Å². The summed E-state index contributed by atoms with van der Waals surface area (Å²) < 4.78 is 0. The van der Waals surface area contributed by atoms with Gasteiger partial charge in [-0.25, -0.2) is 0 Å². The lowest BCUT2D eigenvalue weighted by Gasteiger charge is -2.30. The zero-order chi connectivity index (χ0) is 15.2. The van der Waals surface area contributed by atoms with E-state index in [0.717, 1.165) is 38.8 Å². The number of likely N-dealkylation sites (tertiary alicyclic amines) is 2. The molecule has 2 aliphatic heterocycles. The second-order valence-electron chi connectivity index (χ2n) is 5.91. The smallest absolute Gasteiger partial charge is 0.223 e. The summed E-state index contributed by atoms with van der Waals surface area (Å²) in [4.78, 5) is 38.4. The van der Waals surface area contributed by atoms with Crippen molar-refractivity contribution in [2.75, 3.05) is 32.7 Å². The number of nitrogens with one attached hydrogen (secondary N) is 1. The average Bonchev–Trinajstić information content (AvgIpc) is 2.89. The average molecular weight is 295 g/mol. The molecule has 118 valence electrons. The number of amides is 3. The first-order valence-corrected chi connectivity index (χ1v) is 7.89. The Bertz CT molecular complexity index is 403. The molecule has 0 radical (unpaired) electrons. The standard InChI is InChI=1S/C15H25N3O3/c1-12(19)17-10-5-13(6-11-17)15(21)16-7-3-9-18-8-2-4-14(18)20/h13H,2-11H2,1H3,(H,16,21). The minimum Gasteiger partial charge on any atom is -0.356 e. The van der Waals surface area contributed by atoms with Gasteiger partial charge in [-0.1, -0.05) is 0 Å². The van der Waals surface area contributed by atoms with Crippen LogP contribution in [0.15, 0.2) is 0 Å². The molecule has 2 saturated heterocycles. The van der Waals surface area contributed by atoms with E-state index in [9.17, 15) is 14.4 Å². The van der Waals surface area contributed by atoms with Crippen LogP contribution < -0.4 is 5.32 Å². The minimum atomic E-state index is 0.0222. The lowest BCUT2D eigenvalue weighted by Crippen LogP contribution is -2.42. The molecule has 0 spiro atoms. The van der Waals surface area contributed by atoms with Crippen molar-refractivity contribution in [1.82, 2.24) is 15.1 Å². The Balaban J connectivity index is 1.59. The Labute approximate surface area is 125 Å². The molecule has 2 heterocycles. The highest BCUT2D eigenvalue weighted by Crippen LogP contribution is 2.17. The quantitative estimate of drug-likeness (QED) is 0.745. The first-order valence-electron chi connectivity index (χ1n) is 7.89. The van der Waals surface area contributed by atoms with E-state index >= 15 is 0 Å². The van der Waals surface area contributed by atoms with Gasteiger partial charge in [0.05, 0.1) is 0 Å². The van der Waals surface area contributed by atoms with E-state index in [0.29, 0.717) is 26.1 Å². The van der Waals surface area contributed by atoms with Gasteiger partial charge in [-0.3, -0.25) is 14.4 Å². The van der Waals surface area contributed by atoms with Crippen LogP contribution in [0.1, 0.15) is 39.0 Å². The van der Waals surface area contributed by atoms with Gasteiger partial charge in [-0.2, -0.15) is 0 Å². The number of carbonyl (C=O) groups excluding carboxylic acids is 3. The number of carbonyl (C=O) groups is 3. The highest BCUT2D eigenvalue weighted by molar-refractivity contribution is 5.79. The van der Waals surface area contributed by atoms with Crippen LogP contribution in [0.3, 0.4) is 0 Å². The molecule has 0 atom stereocenters. The maximum Gasteiger partial charge on any atom is 0.223 e. The number of hydrogen-bond acceptors (Lipinski definition) is 3. The van der Waals surface area contributed by atoms with Crippen LogP contribution in [-0.2, 0) is 14.4 Å². The molecule has 2 aliphatic rings. The van der Waals surface area contributed by atoms with Crippen molar-refractivity contribution in [2.45, 2.75) is 39.0 Å². The summed E-state index contributed by atoms with van der Waals surface area (Å²) in [7, 11) is 0. The van der Waals surface area contributed by atoms with Crippen LogP contribution in [0.4, 0.5) is 0 Å². The maximum atomic E-state index is 12.0. The van der Waals surface area contributed by atoms with Gasteiger partial charge in [0.2, 0.25) is 17.7 Å². The fourth-order valence-corrected chi connectivity index (χ4v) is 3.02. The van der Waals surface area contributed by atoms with Crippen molar-refractivity contribution in [1.29, 1.82) is 0 Å². The molecule has 2 rings (SSSR count). The number of hydrogen-bond donors (Lipinski definition) is 1. The molecule has 21 heavy (non-hydrogen) atoms. The molecule has 2 fully saturated rings. The van der Waals surface area contributed by atoms with E-state index in [1.165, 1.54) is 0 Å². The molecule has 6 nitrogen and oxygen atoms in total. The van der Waals surface area contributed by atoms with Crippen LogP contribution >= 0.6 is 0 Å². The first kappa shape index (κ1) is 15.8. The molecule has 0 saturated carbocycles. The monoisotopic (exact) mass is 295 g/mol. The van der Waals surface area contributed by atoms with Crippen LogP contribution in [0.5, 0.6) is 0 Å². The zero-order valence-electron chi connectivity index (χ0n) is 12.8. The Morgan fingerprint density at radius 2 is 1.95 bits per heavy atom. The van der Waals surface area contributed by atoms with Crippen molar-refractivity contribution >= 4 is 17.7 Å². The Morgan fingerprint density at radius 3 is 2.52 bits per heavy atom. The largest absolute Gasteiger partial charge is 0.356 e. The summed E-state index contributed by atoms with van der Waals surface area (Å²) in [5, 5.41) is 2.95. The fourth-order valence-electron chi connectivity index (χ4n) is 3.02. The molecule has 6 heteroatoms. The Hall–Kier alpha value is -1.59. The lowest BCUT2D eigenvalue weighted by molar-refractivity contribution is -0.134. The van der Waals surface area contributed by atoms with Gasteiger partial charge < -0.3 is 15.1 Å². The molecule has 0 aliphatic carbocycles. The summed E-state index contributed by atoms with van der Waals surface area (Å²) in [5.41, 5.74) is 0. The van der Waals surface area contributed by atoms with E-state index in [2.05, 4.69) is 5.32 Å². The van der Waals surface area contributed by atoms with E-state index < -0.39 is 0 Å². The molecular weight excluding hydrogens is 270 g/mol. The third-order valence-corrected chi connectivity index (χ3v) is 4.39. The van der Waals surface area contributed by atoms with Gasteiger partial charge in [-0.05, 0) is 25.7 Å². The lowest BCUT2D eigenvalue weighted by atomic mass is 9.96. The zero-order valence-corrected chi connectivity index (χ0v) is 12.8. The van der Waals surface area contributed by atoms with Crippen LogP contribution in [0.25, 0.3) is 0 Å². The van der Waals surface area contributed by atoms with E-state index in [1.807, 2.05) is 4.90 Å². The summed E-state index contributed by atoms with van der Waals surface area (Å²) >= 11 is 0. The normalized spacial score (nSPS) is 20.0. The molecule has 1 N–H and O–H groups in total. The summed E-state index contributed by atoms with van der Waals surface area (Å²) in [6.45, 7) is 5.14.